The fourth-order valence-electron chi connectivity index (χ4n) is 2.33. The van der Waals surface area contributed by atoms with E-state index >= 15 is 0 Å². The van der Waals surface area contributed by atoms with Crippen LogP contribution < -0.4 is 5.32 Å². The first-order valence-corrected chi connectivity index (χ1v) is 7.82. The zero-order valence-corrected chi connectivity index (χ0v) is 11.4. The van der Waals surface area contributed by atoms with E-state index in [1.807, 2.05) is 6.92 Å². The molecule has 2 rings (SSSR count). The Hall–Kier alpha value is -0.920. The fraction of sp³-hybridized carbons (Fsp3) is 0.727. The molecule has 6 nitrogen and oxygen atoms in total. The predicted molar refractivity (Wildman–Crippen MR) is 68.7 cm³/mol. The summed E-state index contributed by atoms with van der Waals surface area (Å²) in [5.74, 6) is 0. The fourth-order valence-corrected chi connectivity index (χ4v) is 4.01. The van der Waals surface area contributed by atoms with Gasteiger partial charge >= 0.3 is 0 Å². The summed E-state index contributed by atoms with van der Waals surface area (Å²) in [6.07, 6.45) is 4.03. The van der Waals surface area contributed by atoms with Crippen molar-refractivity contribution in [3.63, 3.8) is 0 Å². The lowest BCUT2D eigenvalue weighted by Crippen LogP contribution is -2.46. The van der Waals surface area contributed by atoms with Crippen LogP contribution >= 0.6 is 0 Å². The Labute approximate surface area is 108 Å². The van der Waals surface area contributed by atoms with E-state index < -0.39 is 10.0 Å². The first-order valence-electron chi connectivity index (χ1n) is 6.38. The minimum absolute atomic E-state index is 0.0968. The second-order valence-electron chi connectivity index (χ2n) is 4.52. The third kappa shape index (κ3) is 2.73. The molecule has 1 saturated heterocycles. The Kier molecular flexibility index (Phi) is 4.36. The molecular formula is C11H20N4O2S. The van der Waals surface area contributed by atoms with Gasteiger partial charge in [0.25, 0.3) is 10.0 Å². The van der Waals surface area contributed by atoms with Gasteiger partial charge in [-0.15, -0.1) is 0 Å². The van der Waals surface area contributed by atoms with Crippen LogP contribution in [0.5, 0.6) is 0 Å². The average Bonchev–Trinajstić information content (AvgIpc) is 2.91. The second kappa shape index (κ2) is 5.81. The molecule has 1 aliphatic heterocycles. The number of hydrogen-bond donors (Lipinski definition) is 2. The number of aromatic nitrogens is 2. The summed E-state index contributed by atoms with van der Waals surface area (Å²) in [6.45, 7) is 4.31. The summed E-state index contributed by atoms with van der Waals surface area (Å²) in [4.78, 5) is 0. The lowest BCUT2D eigenvalue weighted by Gasteiger charge is -2.33. The van der Waals surface area contributed by atoms with Gasteiger partial charge in [0, 0.05) is 12.6 Å². The SMILES string of the molecule is CCCN(C1CCNCC1)S(=O)(=O)c1ccn[nH]1. The third-order valence-electron chi connectivity index (χ3n) is 3.22. The zero-order valence-electron chi connectivity index (χ0n) is 10.6. The van der Waals surface area contributed by atoms with Crippen molar-refractivity contribution in [3.05, 3.63) is 12.3 Å². The van der Waals surface area contributed by atoms with Gasteiger partial charge in [-0.1, -0.05) is 6.92 Å². The number of rotatable bonds is 5. The van der Waals surface area contributed by atoms with Crippen LogP contribution in [0, 0.1) is 0 Å². The maximum Gasteiger partial charge on any atom is 0.260 e. The van der Waals surface area contributed by atoms with E-state index in [0.29, 0.717) is 6.54 Å². The van der Waals surface area contributed by atoms with Crippen LogP contribution in [0.2, 0.25) is 0 Å². The van der Waals surface area contributed by atoms with Crippen LogP contribution in [-0.4, -0.2) is 48.6 Å². The molecule has 0 unspecified atom stereocenters. The van der Waals surface area contributed by atoms with Gasteiger partial charge in [-0.25, -0.2) is 8.42 Å². The van der Waals surface area contributed by atoms with Gasteiger partial charge in [0.05, 0.1) is 6.20 Å². The molecule has 18 heavy (non-hydrogen) atoms. The quantitative estimate of drug-likeness (QED) is 0.821. The van der Waals surface area contributed by atoms with Crippen molar-refractivity contribution in [2.75, 3.05) is 19.6 Å². The lowest BCUT2D eigenvalue weighted by molar-refractivity contribution is 0.261. The monoisotopic (exact) mass is 272 g/mol. The van der Waals surface area contributed by atoms with Crippen molar-refractivity contribution in [1.29, 1.82) is 0 Å². The molecule has 0 aromatic carbocycles. The molecule has 1 aromatic heterocycles. The summed E-state index contributed by atoms with van der Waals surface area (Å²) in [5.41, 5.74) is 0. The van der Waals surface area contributed by atoms with Crippen molar-refractivity contribution in [3.8, 4) is 0 Å². The zero-order chi connectivity index (χ0) is 13.0. The van der Waals surface area contributed by atoms with Crippen molar-refractivity contribution in [2.45, 2.75) is 37.3 Å². The summed E-state index contributed by atoms with van der Waals surface area (Å²) < 4.78 is 26.7. The largest absolute Gasteiger partial charge is 0.317 e. The highest BCUT2D eigenvalue weighted by molar-refractivity contribution is 7.89. The summed E-state index contributed by atoms with van der Waals surface area (Å²) >= 11 is 0. The van der Waals surface area contributed by atoms with E-state index in [2.05, 4.69) is 15.5 Å². The van der Waals surface area contributed by atoms with E-state index in [1.54, 1.807) is 4.31 Å². The Morgan fingerprint density at radius 3 is 2.72 bits per heavy atom. The molecule has 0 aliphatic carbocycles. The van der Waals surface area contributed by atoms with Crippen molar-refractivity contribution < 1.29 is 8.42 Å². The van der Waals surface area contributed by atoms with Gasteiger partial charge in [-0.3, -0.25) is 5.10 Å². The molecule has 0 atom stereocenters. The third-order valence-corrected chi connectivity index (χ3v) is 5.10. The molecule has 1 aromatic rings. The number of aromatic amines is 1. The molecule has 7 heteroatoms. The van der Waals surface area contributed by atoms with E-state index in [4.69, 9.17) is 0 Å². The van der Waals surface area contributed by atoms with Crippen molar-refractivity contribution >= 4 is 10.0 Å². The van der Waals surface area contributed by atoms with Crippen molar-refractivity contribution in [2.24, 2.45) is 0 Å². The highest BCUT2D eigenvalue weighted by Gasteiger charge is 2.32. The second-order valence-corrected chi connectivity index (χ2v) is 6.38. The number of hydrogen-bond acceptors (Lipinski definition) is 4. The van der Waals surface area contributed by atoms with E-state index in [1.165, 1.54) is 12.3 Å². The Morgan fingerprint density at radius 2 is 2.17 bits per heavy atom. The van der Waals surface area contributed by atoms with Crippen LogP contribution in [0.1, 0.15) is 26.2 Å². The maximum atomic E-state index is 12.5. The first-order chi connectivity index (χ1) is 8.66. The molecule has 2 heterocycles. The number of piperidine rings is 1. The highest BCUT2D eigenvalue weighted by atomic mass is 32.2. The number of nitrogens with one attached hydrogen (secondary N) is 2. The molecule has 0 amide bonds. The maximum absolute atomic E-state index is 12.5. The smallest absolute Gasteiger partial charge is 0.260 e. The van der Waals surface area contributed by atoms with Gasteiger partial charge in [0.1, 0.15) is 0 Å². The Morgan fingerprint density at radius 1 is 1.44 bits per heavy atom. The van der Waals surface area contributed by atoms with Gasteiger partial charge in [-0.05, 0) is 38.4 Å². The topological polar surface area (TPSA) is 78.1 Å². The first kappa shape index (κ1) is 13.5. The summed E-state index contributed by atoms with van der Waals surface area (Å²) in [6, 6.07) is 1.61. The van der Waals surface area contributed by atoms with Crippen LogP contribution in [0.25, 0.3) is 0 Å². The molecule has 102 valence electrons. The molecule has 2 N–H and O–H groups in total. The number of sulfonamides is 1. The van der Waals surface area contributed by atoms with E-state index in [0.717, 1.165) is 32.4 Å². The van der Waals surface area contributed by atoms with Crippen LogP contribution in [0.3, 0.4) is 0 Å². The van der Waals surface area contributed by atoms with Crippen molar-refractivity contribution in [1.82, 2.24) is 19.8 Å². The normalized spacial score (nSPS) is 18.3. The minimum Gasteiger partial charge on any atom is -0.317 e. The Bertz CT molecular complexity index is 451. The van der Waals surface area contributed by atoms with E-state index in [9.17, 15) is 8.42 Å². The predicted octanol–water partition coefficient (Wildman–Crippen LogP) is 0.562. The summed E-state index contributed by atoms with van der Waals surface area (Å²) in [5, 5.41) is 9.74. The molecular weight excluding hydrogens is 252 g/mol. The molecule has 1 fully saturated rings. The van der Waals surface area contributed by atoms with Gasteiger partial charge in [-0.2, -0.15) is 9.40 Å². The van der Waals surface area contributed by atoms with Crippen LogP contribution in [-0.2, 0) is 10.0 Å². The Balaban J connectivity index is 2.23. The van der Waals surface area contributed by atoms with Gasteiger partial charge in [0.2, 0.25) is 0 Å². The average molecular weight is 272 g/mol. The van der Waals surface area contributed by atoms with Gasteiger partial charge < -0.3 is 5.32 Å². The molecule has 0 radical (unpaired) electrons. The van der Waals surface area contributed by atoms with Crippen LogP contribution in [0.4, 0.5) is 0 Å². The molecule has 0 spiro atoms. The lowest BCUT2D eigenvalue weighted by atomic mass is 10.1. The highest BCUT2D eigenvalue weighted by Crippen LogP contribution is 2.21. The molecule has 1 aliphatic rings. The van der Waals surface area contributed by atoms with Crippen LogP contribution in [0.15, 0.2) is 17.3 Å². The molecule has 0 bridgehead atoms. The standard InChI is InChI=1S/C11H20N4O2S/c1-2-9-15(10-3-6-12-7-4-10)18(16,17)11-5-8-13-14-11/h5,8,10,12H,2-4,6-7,9H2,1H3,(H,13,14). The molecule has 0 saturated carbocycles. The van der Waals surface area contributed by atoms with E-state index in [-0.39, 0.29) is 11.1 Å². The van der Waals surface area contributed by atoms with Gasteiger partial charge in [0.15, 0.2) is 5.03 Å². The number of nitrogens with zero attached hydrogens (tertiary/aromatic N) is 2. The minimum atomic E-state index is -3.43. The number of H-pyrrole nitrogens is 1. The summed E-state index contributed by atoms with van der Waals surface area (Å²) in [7, 11) is -3.43.